The molecule has 0 aliphatic carbocycles. The number of fused-ring (bicyclic) bond motifs is 1. The van der Waals surface area contributed by atoms with Crippen LogP contribution < -0.4 is 14.5 Å². The van der Waals surface area contributed by atoms with Gasteiger partial charge in [-0.2, -0.15) is 0 Å². The van der Waals surface area contributed by atoms with Crippen LogP contribution in [0.5, 0.6) is 5.75 Å². The van der Waals surface area contributed by atoms with Gasteiger partial charge in [0.1, 0.15) is 5.75 Å². The van der Waals surface area contributed by atoms with Gasteiger partial charge in [-0.25, -0.2) is 4.98 Å². The summed E-state index contributed by atoms with van der Waals surface area (Å²) in [7, 11) is 1.66. The van der Waals surface area contributed by atoms with Gasteiger partial charge < -0.3 is 9.64 Å². The molecule has 0 aliphatic heterocycles. The third kappa shape index (κ3) is 4.88. The lowest BCUT2D eigenvalue weighted by molar-refractivity contribution is -0.894. The maximum Gasteiger partial charge on any atom is 0.233 e. The molecule has 0 unspecified atom stereocenters. The zero-order chi connectivity index (χ0) is 19.9. The number of likely N-dealkylation sites (N-methyl/N-ethyl adjacent to an activating group) is 1. The van der Waals surface area contributed by atoms with E-state index >= 15 is 0 Å². The van der Waals surface area contributed by atoms with Gasteiger partial charge in [0.15, 0.2) is 5.13 Å². The number of benzene rings is 2. The molecule has 1 heterocycles. The SMILES string of the molecule is CC[NH+](CC)CCN(C(=O)Cc1ccccc1)c1nc2ccc(OC)cc2s1. The van der Waals surface area contributed by atoms with E-state index in [1.165, 1.54) is 4.90 Å². The van der Waals surface area contributed by atoms with Gasteiger partial charge in [-0.3, -0.25) is 9.69 Å². The summed E-state index contributed by atoms with van der Waals surface area (Å²) in [4.78, 5) is 21.2. The van der Waals surface area contributed by atoms with Gasteiger partial charge in [0.25, 0.3) is 0 Å². The van der Waals surface area contributed by atoms with E-state index in [0.29, 0.717) is 13.0 Å². The van der Waals surface area contributed by atoms with Gasteiger partial charge in [-0.1, -0.05) is 41.7 Å². The van der Waals surface area contributed by atoms with Crippen molar-refractivity contribution in [1.82, 2.24) is 4.98 Å². The van der Waals surface area contributed by atoms with Crippen molar-refractivity contribution in [3.63, 3.8) is 0 Å². The molecule has 3 rings (SSSR count). The number of methoxy groups -OCH3 is 1. The Morgan fingerprint density at radius 2 is 1.89 bits per heavy atom. The quantitative estimate of drug-likeness (QED) is 0.603. The van der Waals surface area contributed by atoms with E-state index in [0.717, 1.165) is 46.3 Å². The zero-order valence-corrected chi connectivity index (χ0v) is 17.6. The first-order valence-electron chi connectivity index (χ1n) is 9.77. The average molecular weight is 399 g/mol. The molecule has 2 aromatic carbocycles. The Kier molecular flexibility index (Phi) is 7.01. The summed E-state index contributed by atoms with van der Waals surface area (Å²) in [6, 6.07) is 15.7. The fraction of sp³-hybridized carbons (Fsp3) is 0.364. The van der Waals surface area contributed by atoms with E-state index in [4.69, 9.17) is 9.72 Å². The lowest BCUT2D eigenvalue weighted by Gasteiger charge is -2.23. The summed E-state index contributed by atoms with van der Waals surface area (Å²) in [5.41, 5.74) is 1.92. The molecule has 1 aromatic heterocycles. The molecule has 0 saturated carbocycles. The molecule has 0 spiro atoms. The number of thiazole rings is 1. The van der Waals surface area contributed by atoms with E-state index in [1.54, 1.807) is 18.4 Å². The Morgan fingerprint density at radius 3 is 2.57 bits per heavy atom. The second-order valence-electron chi connectivity index (χ2n) is 6.74. The minimum atomic E-state index is 0.0868. The fourth-order valence-corrected chi connectivity index (χ4v) is 4.24. The number of nitrogens with one attached hydrogen (secondary N) is 1. The zero-order valence-electron chi connectivity index (χ0n) is 16.8. The highest BCUT2D eigenvalue weighted by atomic mass is 32.1. The van der Waals surface area contributed by atoms with E-state index in [2.05, 4.69) is 13.8 Å². The molecular formula is C22H28N3O2S+. The third-order valence-corrected chi connectivity index (χ3v) is 6.04. The van der Waals surface area contributed by atoms with Crippen molar-refractivity contribution < 1.29 is 14.4 Å². The number of amides is 1. The monoisotopic (exact) mass is 398 g/mol. The van der Waals surface area contributed by atoms with E-state index in [-0.39, 0.29) is 5.91 Å². The van der Waals surface area contributed by atoms with Crippen molar-refractivity contribution in [1.29, 1.82) is 0 Å². The Bertz CT molecular complexity index is 907. The summed E-state index contributed by atoms with van der Waals surface area (Å²) < 4.78 is 6.35. The summed E-state index contributed by atoms with van der Waals surface area (Å²) >= 11 is 1.55. The summed E-state index contributed by atoms with van der Waals surface area (Å²) in [5.74, 6) is 0.890. The van der Waals surface area contributed by atoms with Crippen molar-refractivity contribution >= 4 is 32.6 Å². The molecule has 6 heteroatoms. The number of carbonyl (C=O) groups is 1. The molecule has 0 aliphatic rings. The first-order chi connectivity index (χ1) is 13.6. The van der Waals surface area contributed by atoms with E-state index in [9.17, 15) is 4.79 Å². The van der Waals surface area contributed by atoms with Crippen LogP contribution in [0, 0.1) is 0 Å². The Morgan fingerprint density at radius 1 is 1.14 bits per heavy atom. The molecule has 0 fully saturated rings. The van der Waals surface area contributed by atoms with Gasteiger partial charge in [0.2, 0.25) is 5.91 Å². The molecular weight excluding hydrogens is 370 g/mol. The van der Waals surface area contributed by atoms with Crippen molar-refractivity contribution in [3.05, 3.63) is 54.1 Å². The highest BCUT2D eigenvalue weighted by Crippen LogP contribution is 2.31. The minimum absolute atomic E-state index is 0.0868. The van der Waals surface area contributed by atoms with Crippen LogP contribution >= 0.6 is 11.3 Å². The molecule has 1 amide bonds. The van der Waals surface area contributed by atoms with Crippen LogP contribution in [0.15, 0.2) is 48.5 Å². The largest absolute Gasteiger partial charge is 0.497 e. The molecule has 5 nitrogen and oxygen atoms in total. The number of hydrogen-bond acceptors (Lipinski definition) is 4. The lowest BCUT2D eigenvalue weighted by Crippen LogP contribution is -3.12. The normalized spacial score (nSPS) is 11.1. The summed E-state index contributed by atoms with van der Waals surface area (Å²) in [6.07, 6.45) is 0.383. The van der Waals surface area contributed by atoms with E-state index in [1.807, 2.05) is 53.4 Å². The predicted molar refractivity (Wildman–Crippen MR) is 116 cm³/mol. The molecule has 0 saturated heterocycles. The smallest absolute Gasteiger partial charge is 0.233 e. The number of carbonyl (C=O) groups excluding carboxylic acids is 1. The summed E-state index contributed by atoms with van der Waals surface area (Å²) in [5, 5.41) is 0.760. The maximum atomic E-state index is 13.2. The number of aromatic nitrogens is 1. The molecule has 3 aromatic rings. The Hall–Kier alpha value is -2.44. The van der Waals surface area contributed by atoms with Crippen molar-refractivity contribution in [2.45, 2.75) is 20.3 Å². The average Bonchev–Trinajstić information content (AvgIpc) is 3.14. The molecule has 28 heavy (non-hydrogen) atoms. The number of anilines is 1. The Balaban J connectivity index is 1.87. The van der Waals surface area contributed by atoms with Crippen molar-refractivity contribution in [3.8, 4) is 5.75 Å². The predicted octanol–water partition coefficient (Wildman–Crippen LogP) is 2.81. The molecule has 0 atom stereocenters. The highest BCUT2D eigenvalue weighted by molar-refractivity contribution is 7.22. The number of rotatable bonds is 9. The summed E-state index contributed by atoms with van der Waals surface area (Å²) in [6.45, 7) is 8.03. The van der Waals surface area contributed by atoms with E-state index < -0.39 is 0 Å². The first kappa shape index (κ1) is 20.3. The second kappa shape index (κ2) is 9.66. The van der Waals surface area contributed by atoms with Crippen LogP contribution in [0.3, 0.4) is 0 Å². The first-order valence-corrected chi connectivity index (χ1v) is 10.6. The standard InChI is InChI=1S/C22H27N3O2S/c1-4-24(5-2)13-14-25(21(26)15-17-9-7-6-8-10-17)22-23-19-12-11-18(27-3)16-20(19)28-22/h6-12,16H,4-5,13-15H2,1-3H3/p+1. The van der Waals surface area contributed by atoms with Gasteiger partial charge in [-0.15, -0.1) is 0 Å². The van der Waals surface area contributed by atoms with Crippen LogP contribution in [0.2, 0.25) is 0 Å². The van der Waals surface area contributed by atoms with Crippen molar-refractivity contribution in [2.24, 2.45) is 0 Å². The van der Waals surface area contributed by atoms with Crippen LogP contribution in [0.25, 0.3) is 10.2 Å². The van der Waals surface area contributed by atoms with Gasteiger partial charge in [-0.05, 0) is 37.6 Å². The van der Waals surface area contributed by atoms with Crippen LogP contribution in [0.1, 0.15) is 19.4 Å². The van der Waals surface area contributed by atoms with Gasteiger partial charge in [0, 0.05) is 0 Å². The number of nitrogens with zero attached hydrogens (tertiary/aromatic N) is 2. The van der Waals surface area contributed by atoms with Crippen LogP contribution in [-0.2, 0) is 11.2 Å². The molecule has 0 radical (unpaired) electrons. The number of hydrogen-bond donors (Lipinski definition) is 1. The fourth-order valence-electron chi connectivity index (χ4n) is 3.20. The van der Waals surface area contributed by atoms with Gasteiger partial charge in [0.05, 0.1) is 49.9 Å². The number of ether oxygens (including phenoxy) is 1. The molecule has 0 bridgehead atoms. The van der Waals surface area contributed by atoms with Crippen molar-refractivity contribution in [2.75, 3.05) is 38.2 Å². The molecule has 1 N–H and O–H groups in total. The van der Waals surface area contributed by atoms with Gasteiger partial charge >= 0.3 is 0 Å². The third-order valence-electron chi connectivity index (χ3n) is 5.00. The highest BCUT2D eigenvalue weighted by Gasteiger charge is 2.21. The second-order valence-corrected chi connectivity index (χ2v) is 7.75. The number of quaternary nitrogens is 1. The Labute approximate surface area is 170 Å². The molecule has 148 valence electrons. The topological polar surface area (TPSA) is 46.9 Å². The maximum absolute atomic E-state index is 13.2. The lowest BCUT2D eigenvalue weighted by atomic mass is 10.1. The van der Waals surface area contributed by atoms with Crippen LogP contribution in [-0.4, -0.2) is 44.2 Å². The minimum Gasteiger partial charge on any atom is -0.497 e. The van der Waals surface area contributed by atoms with Crippen LogP contribution in [0.4, 0.5) is 5.13 Å².